The molecule has 0 radical (unpaired) electrons. The number of benzene rings is 2. The highest BCUT2D eigenvalue weighted by molar-refractivity contribution is 5.91. The number of ether oxygens (including phenoxy) is 2. The number of anilines is 1. The number of aryl methyl sites for hydroxylation is 1. The van der Waals surface area contributed by atoms with E-state index in [9.17, 15) is 4.79 Å². The van der Waals surface area contributed by atoms with Crippen molar-refractivity contribution in [2.75, 3.05) is 18.5 Å². The second kappa shape index (κ2) is 8.06. The van der Waals surface area contributed by atoms with Crippen molar-refractivity contribution in [1.82, 2.24) is 0 Å². The molecule has 25 heavy (non-hydrogen) atoms. The largest absolute Gasteiger partial charge is 0.494 e. The highest BCUT2D eigenvalue weighted by Gasteiger charge is 2.19. The van der Waals surface area contributed by atoms with E-state index < -0.39 is 0 Å². The van der Waals surface area contributed by atoms with Gasteiger partial charge in [-0.15, -0.1) is 0 Å². The summed E-state index contributed by atoms with van der Waals surface area (Å²) in [4.78, 5) is 12.2. The molecule has 0 aliphatic heterocycles. The van der Waals surface area contributed by atoms with E-state index in [1.807, 2.05) is 43.3 Å². The molecule has 0 saturated carbocycles. The maximum Gasteiger partial charge on any atom is 0.262 e. The molecule has 0 heterocycles. The molecular weight excluding hydrogens is 314 g/mol. The van der Waals surface area contributed by atoms with Gasteiger partial charge in [0.05, 0.1) is 6.61 Å². The molecule has 2 aromatic carbocycles. The molecule has 0 aromatic heterocycles. The van der Waals surface area contributed by atoms with Crippen LogP contribution in [0.15, 0.2) is 42.5 Å². The van der Waals surface area contributed by atoms with Gasteiger partial charge in [0, 0.05) is 5.69 Å². The summed E-state index contributed by atoms with van der Waals surface area (Å²) in [5, 5.41) is 2.83. The topological polar surface area (TPSA) is 47.6 Å². The van der Waals surface area contributed by atoms with Crippen LogP contribution in [0.2, 0.25) is 0 Å². The van der Waals surface area contributed by atoms with Crippen LogP contribution in [0.4, 0.5) is 5.69 Å². The zero-order valence-corrected chi connectivity index (χ0v) is 15.7. The second-order valence-corrected chi connectivity index (χ2v) is 7.04. The summed E-state index contributed by atoms with van der Waals surface area (Å²) in [7, 11) is 0. The predicted molar refractivity (Wildman–Crippen MR) is 102 cm³/mol. The van der Waals surface area contributed by atoms with Crippen LogP contribution in [0.3, 0.4) is 0 Å². The number of carbonyl (C=O) groups excluding carboxylic acids is 1. The first-order chi connectivity index (χ1) is 11.8. The third-order valence-electron chi connectivity index (χ3n) is 3.75. The first-order valence-corrected chi connectivity index (χ1v) is 8.56. The minimum absolute atomic E-state index is 0.0284. The molecule has 0 aliphatic carbocycles. The Morgan fingerprint density at radius 2 is 1.72 bits per heavy atom. The smallest absolute Gasteiger partial charge is 0.262 e. The van der Waals surface area contributed by atoms with Crippen LogP contribution in [-0.4, -0.2) is 19.1 Å². The Morgan fingerprint density at radius 3 is 2.32 bits per heavy atom. The van der Waals surface area contributed by atoms with Gasteiger partial charge in [0.2, 0.25) is 0 Å². The molecule has 0 spiro atoms. The Labute approximate surface area is 150 Å². The van der Waals surface area contributed by atoms with E-state index in [1.54, 1.807) is 0 Å². The van der Waals surface area contributed by atoms with Crippen LogP contribution in [-0.2, 0) is 10.2 Å². The predicted octanol–water partition coefficient (Wildman–Crippen LogP) is 4.71. The van der Waals surface area contributed by atoms with E-state index >= 15 is 0 Å². The maximum absolute atomic E-state index is 12.2. The number of amides is 1. The molecular formula is C21H27NO3. The van der Waals surface area contributed by atoms with Crippen molar-refractivity contribution < 1.29 is 14.3 Å². The number of carbonyl (C=O) groups is 1. The van der Waals surface area contributed by atoms with Crippen molar-refractivity contribution in [2.45, 2.75) is 40.0 Å². The summed E-state index contributed by atoms with van der Waals surface area (Å²) in [5.41, 5.74) is 2.95. The average Bonchev–Trinajstić information content (AvgIpc) is 2.55. The van der Waals surface area contributed by atoms with E-state index in [-0.39, 0.29) is 17.9 Å². The molecule has 0 aliphatic rings. The fourth-order valence-corrected chi connectivity index (χ4v) is 2.50. The van der Waals surface area contributed by atoms with Crippen LogP contribution in [0.25, 0.3) is 0 Å². The molecule has 2 rings (SSSR count). The quantitative estimate of drug-likeness (QED) is 0.828. The summed E-state index contributed by atoms with van der Waals surface area (Å²) >= 11 is 0. The Bertz CT molecular complexity index is 715. The van der Waals surface area contributed by atoms with Crippen LogP contribution < -0.4 is 14.8 Å². The summed E-state index contributed by atoms with van der Waals surface area (Å²) in [6, 6.07) is 13.3. The maximum atomic E-state index is 12.2. The van der Waals surface area contributed by atoms with E-state index in [1.165, 1.54) is 5.56 Å². The molecule has 1 N–H and O–H groups in total. The Kier molecular flexibility index (Phi) is 6.07. The zero-order chi connectivity index (χ0) is 18.4. The third kappa shape index (κ3) is 5.52. The lowest BCUT2D eigenvalue weighted by molar-refractivity contribution is -0.118. The van der Waals surface area contributed by atoms with E-state index in [0.717, 1.165) is 22.7 Å². The SMILES string of the molecule is CCOc1ccc(NC(=O)COc2ccc(C)cc2C(C)(C)C)cc1. The lowest BCUT2D eigenvalue weighted by Gasteiger charge is -2.23. The van der Waals surface area contributed by atoms with Gasteiger partial charge in [0.1, 0.15) is 11.5 Å². The summed E-state index contributed by atoms with van der Waals surface area (Å²) in [5.74, 6) is 1.34. The zero-order valence-electron chi connectivity index (χ0n) is 15.7. The number of hydrogen-bond acceptors (Lipinski definition) is 3. The van der Waals surface area contributed by atoms with Gasteiger partial charge in [-0.25, -0.2) is 0 Å². The highest BCUT2D eigenvalue weighted by atomic mass is 16.5. The molecule has 134 valence electrons. The molecule has 2 aromatic rings. The first-order valence-electron chi connectivity index (χ1n) is 8.56. The molecule has 0 saturated heterocycles. The van der Waals surface area contributed by atoms with Gasteiger partial charge in [0.25, 0.3) is 5.91 Å². The van der Waals surface area contributed by atoms with Gasteiger partial charge in [-0.05, 0) is 55.2 Å². The van der Waals surface area contributed by atoms with Gasteiger partial charge in [0.15, 0.2) is 6.61 Å². The molecule has 0 bridgehead atoms. The lowest BCUT2D eigenvalue weighted by Crippen LogP contribution is -2.22. The van der Waals surface area contributed by atoms with E-state index in [0.29, 0.717) is 6.61 Å². The van der Waals surface area contributed by atoms with Crippen molar-refractivity contribution in [2.24, 2.45) is 0 Å². The first kappa shape index (κ1) is 18.8. The van der Waals surface area contributed by atoms with Crippen LogP contribution >= 0.6 is 0 Å². The second-order valence-electron chi connectivity index (χ2n) is 7.04. The van der Waals surface area contributed by atoms with Crippen LogP contribution in [0.1, 0.15) is 38.8 Å². The van der Waals surface area contributed by atoms with E-state index in [4.69, 9.17) is 9.47 Å². The standard InChI is InChI=1S/C21H27NO3/c1-6-24-17-10-8-16(9-11-17)22-20(23)14-25-19-12-7-15(2)13-18(19)21(3,4)5/h7-13H,6,14H2,1-5H3,(H,22,23). The van der Waals surface area contributed by atoms with Crippen molar-refractivity contribution in [3.63, 3.8) is 0 Å². The monoisotopic (exact) mass is 341 g/mol. The lowest BCUT2D eigenvalue weighted by atomic mass is 9.85. The minimum atomic E-state index is -0.190. The van der Waals surface area contributed by atoms with Gasteiger partial charge < -0.3 is 14.8 Å². The van der Waals surface area contributed by atoms with Crippen molar-refractivity contribution in [3.8, 4) is 11.5 Å². The minimum Gasteiger partial charge on any atom is -0.494 e. The molecule has 1 amide bonds. The number of hydrogen-bond donors (Lipinski definition) is 1. The normalized spacial score (nSPS) is 11.1. The van der Waals surface area contributed by atoms with Crippen molar-refractivity contribution in [3.05, 3.63) is 53.6 Å². The summed E-state index contributed by atoms with van der Waals surface area (Å²) < 4.78 is 11.2. The Hall–Kier alpha value is -2.49. The third-order valence-corrected chi connectivity index (χ3v) is 3.75. The fraction of sp³-hybridized carbons (Fsp3) is 0.381. The fourth-order valence-electron chi connectivity index (χ4n) is 2.50. The van der Waals surface area contributed by atoms with Gasteiger partial charge in [-0.1, -0.05) is 38.5 Å². The summed E-state index contributed by atoms with van der Waals surface area (Å²) in [6.07, 6.45) is 0. The van der Waals surface area contributed by atoms with Gasteiger partial charge in [-0.2, -0.15) is 0 Å². The average molecular weight is 341 g/mol. The highest BCUT2D eigenvalue weighted by Crippen LogP contribution is 2.32. The number of rotatable bonds is 6. The number of nitrogens with one attached hydrogen (secondary N) is 1. The molecule has 4 nitrogen and oxygen atoms in total. The molecule has 4 heteroatoms. The molecule has 0 unspecified atom stereocenters. The Balaban J connectivity index is 1.98. The summed E-state index contributed by atoms with van der Waals surface area (Å²) in [6.45, 7) is 11.0. The van der Waals surface area contributed by atoms with Gasteiger partial charge in [-0.3, -0.25) is 4.79 Å². The van der Waals surface area contributed by atoms with E-state index in [2.05, 4.69) is 39.1 Å². The van der Waals surface area contributed by atoms with Crippen molar-refractivity contribution in [1.29, 1.82) is 0 Å². The van der Waals surface area contributed by atoms with Crippen molar-refractivity contribution >= 4 is 11.6 Å². The van der Waals surface area contributed by atoms with Crippen LogP contribution in [0.5, 0.6) is 11.5 Å². The Morgan fingerprint density at radius 1 is 1.04 bits per heavy atom. The molecule has 0 fully saturated rings. The van der Waals surface area contributed by atoms with Gasteiger partial charge >= 0.3 is 0 Å². The van der Waals surface area contributed by atoms with Crippen LogP contribution in [0, 0.1) is 6.92 Å². The molecule has 0 atom stereocenters.